The number of nitrogens with one attached hydrogen (secondary N) is 8. The molecule has 5 unspecified atom stereocenters. The first-order valence-electron chi connectivity index (χ1n) is 22.0. The zero-order chi connectivity index (χ0) is 50.0. The van der Waals surface area contributed by atoms with Gasteiger partial charge in [-0.05, 0) is 17.5 Å². The van der Waals surface area contributed by atoms with Crippen molar-refractivity contribution in [2.45, 2.75) is 114 Å². The van der Waals surface area contributed by atoms with Gasteiger partial charge in [0.25, 0.3) is 0 Å². The monoisotopic (exact) mass is 970 g/mol. The second-order valence-electron chi connectivity index (χ2n) is 17.0. The number of rotatable bonds is 9. The molecule has 1 aromatic carbocycles. The Morgan fingerprint density at radius 3 is 2.16 bits per heavy atom. The molecule has 1 fully saturated rings. The van der Waals surface area contributed by atoms with Crippen LogP contribution in [0.15, 0.2) is 29.3 Å². The number of primary amides is 1. The van der Waals surface area contributed by atoms with E-state index in [-0.39, 0.29) is 12.2 Å². The number of amides is 9. The maximum Gasteiger partial charge on any atom is 0.303 e. The smallest absolute Gasteiger partial charge is 0.303 e. The molecule has 5 rings (SSSR count). The first-order valence-corrected chi connectivity index (χ1v) is 23.0. The van der Waals surface area contributed by atoms with E-state index in [0.29, 0.717) is 27.9 Å². The number of H-pyrrole nitrogens is 1. The Kier molecular flexibility index (Phi) is 17.9. The van der Waals surface area contributed by atoms with Gasteiger partial charge in [-0.25, -0.2) is 0 Å². The van der Waals surface area contributed by atoms with E-state index in [1.54, 1.807) is 38.1 Å². The molecule has 3 aliphatic rings. The molecule has 2 aromatic rings. The maximum atomic E-state index is 14.8. The topological polar surface area (TPSA) is 356 Å². The highest BCUT2D eigenvalue weighted by atomic mass is 32.2. The van der Waals surface area contributed by atoms with Crippen molar-refractivity contribution in [3.8, 4) is 0 Å². The number of para-hydroxylation sites is 1. The molecule has 2 bridgehead atoms. The fourth-order valence-corrected chi connectivity index (χ4v) is 9.17. The van der Waals surface area contributed by atoms with E-state index in [0.717, 1.165) is 30.5 Å². The molecule has 25 heteroatoms. The number of aliphatic hydroxyl groups is 1. The number of hydrogen-bond acceptors (Lipinski definition) is 15. The number of benzene rings is 1. The van der Waals surface area contributed by atoms with Crippen molar-refractivity contribution in [2.75, 3.05) is 32.0 Å². The van der Waals surface area contributed by atoms with E-state index in [4.69, 9.17) is 15.2 Å². The van der Waals surface area contributed by atoms with Crippen LogP contribution >= 0.6 is 11.8 Å². The van der Waals surface area contributed by atoms with Gasteiger partial charge in [0.2, 0.25) is 53.2 Å². The van der Waals surface area contributed by atoms with Crippen molar-refractivity contribution < 1.29 is 67.3 Å². The molecule has 9 amide bonds. The van der Waals surface area contributed by atoms with E-state index < -0.39 is 164 Å². The lowest BCUT2D eigenvalue weighted by Gasteiger charge is -2.33. The van der Waals surface area contributed by atoms with Gasteiger partial charge in [0.05, 0.1) is 30.6 Å². The lowest BCUT2D eigenvalue weighted by Crippen LogP contribution is -2.62. The van der Waals surface area contributed by atoms with Gasteiger partial charge < -0.3 is 67.4 Å². The van der Waals surface area contributed by atoms with Crippen molar-refractivity contribution >= 4 is 87.8 Å². The average Bonchev–Trinajstić information content (AvgIpc) is 3.85. The Labute approximate surface area is 394 Å². The normalized spacial score (nSPS) is 26.2. The Morgan fingerprint density at radius 2 is 1.50 bits per heavy atom. The largest absolute Gasteiger partial charge is 0.462 e. The molecule has 1 saturated heterocycles. The van der Waals surface area contributed by atoms with Crippen LogP contribution in [0.3, 0.4) is 0 Å². The van der Waals surface area contributed by atoms with E-state index in [1.807, 2.05) is 0 Å². The van der Waals surface area contributed by atoms with Gasteiger partial charge in [-0.3, -0.25) is 52.7 Å². The molecule has 0 radical (unpaired) electrons. The zero-order valence-corrected chi connectivity index (χ0v) is 39.0. The number of aromatic nitrogens is 1. The van der Waals surface area contributed by atoms with Crippen molar-refractivity contribution in [2.24, 2.45) is 17.6 Å². The summed E-state index contributed by atoms with van der Waals surface area (Å²) >= 11 is 1.01. The zero-order valence-electron chi connectivity index (χ0n) is 38.1. The molecule has 0 aliphatic carbocycles. The van der Waals surface area contributed by atoms with E-state index in [2.05, 4.69) is 42.2 Å². The Bertz CT molecular complexity index is 2310. The third kappa shape index (κ3) is 13.4. The van der Waals surface area contributed by atoms with Gasteiger partial charge in [0, 0.05) is 55.8 Å². The van der Waals surface area contributed by atoms with Crippen LogP contribution < -0.4 is 43.0 Å². The van der Waals surface area contributed by atoms with Crippen LogP contribution in [-0.2, 0) is 68.6 Å². The molecule has 370 valence electrons. The Morgan fingerprint density at radius 1 is 0.824 bits per heavy atom. The molecule has 3 aliphatic heterocycles. The summed E-state index contributed by atoms with van der Waals surface area (Å²) in [4.78, 5) is 154. The maximum absolute atomic E-state index is 14.8. The number of aliphatic hydroxyl groups excluding tert-OH is 1. The van der Waals surface area contributed by atoms with Crippen molar-refractivity contribution in [3.05, 3.63) is 29.8 Å². The number of esters is 2. The van der Waals surface area contributed by atoms with Gasteiger partial charge in [0.1, 0.15) is 49.0 Å². The second kappa shape index (κ2) is 23.3. The van der Waals surface area contributed by atoms with Crippen molar-refractivity contribution in [1.29, 1.82) is 0 Å². The lowest BCUT2D eigenvalue weighted by molar-refractivity contribution is -0.161. The second-order valence-corrected chi connectivity index (χ2v) is 18.0. The van der Waals surface area contributed by atoms with Gasteiger partial charge >= 0.3 is 11.9 Å². The summed E-state index contributed by atoms with van der Waals surface area (Å²) in [6.07, 6.45) is -3.82. The van der Waals surface area contributed by atoms with Gasteiger partial charge in [-0.1, -0.05) is 45.4 Å². The van der Waals surface area contributed by atoms with Crippen LogP contribution in [0.1, 0.15) is 59.4 Å². The summed E-state index contributed by atoms with van der Waals surface area (Å²) in [5.41, 5.74) is 6.53. The van der Waals surface area contributed by atoms with E-state index >= 15 is 0 Å². The predicted octanol–water partition coefficient (Wildman–Crippen LogP) is -3.50. The molecule has 68 heavy (non-hydrogen) atoms. The summed E-state index contributed by atoms with van der Waals surface area (Å²) in [6, 6.07) is -2.44. The Balaban J connectivity index is 1.72. The highest BCUT2D eigenvalue weighted by molar-refractivity contribution is 7.99. The minimum atomic E-state index is -1.76. The first kappa shape index (κ1) is 52.2. The fourth-order valence-electron chi connectivity index (χ4n) is 8.05. The number of nitrogens with zero attached hydrogens (tertiary/aromatic N) is 1. The lowest BCUT2D eigenvalue weighted by atomic mass is 9.93. The third-order valence-electron chi connectivity index (χ3n) is 11.9. The number of carbonyl (C=O) groups excluding carboxylic acids is 11. The van der Waals surface area contributed by atoms with Crippen LogP contribution in [0.4, 0.5) is 0 Å². The number of thioether (sulfide) groups is 1. The summed E-state index contributed by atoms with van der Waals surface area (Å²) < 4.78 is 10.6. The first-order chi connectivity index (χ1) is 32.2. The standard InChI is InChI=1S/C43H58N10O14S/c1-6-19(2)35-40(63)46-14-33(58)47-29-18-68-42-25(24-9-7-8-10-26(24)50-42)12-27(37(60)45-15-34(59)51-35)48-41(64)36(20(3)31(67-22(5)55)17-66-21(4)54)52-39(62)30-11-23(56)16-53(30)43(65)28(13-32(44)57)49-38(29)61/h7-10,19-20,23,27-31,35-36,50,56H,6,11-18H2,1-5H3,(H2,44,57)(H,45,60)(H,46,63)(H,47,58)(H,48,64)(H,49,61)(H,51,59)(H,52,62)/t19-,20?,23?,27?,28?,29?,30-,31-,35-,36-/m0/s1. The fraction of sp³-hybridized carbons (Fsp3) is 0.558. The summed E-state index contributed by atoms with van der Waals surface area (Å²) in [7, 11) is 0. The number of aromatic amines is 1. The molecule has 10 atom stereocenters. The molecule has 1 aromatic heterocycles. The summed E-state index contributed by atoms with van der Waals surface area (Å²) in [5, 5.41) is 29.6. The van der Waals surface area contributed by atoms with Gasteiger partial charge in [0.15, 0.2) is 0 Å². The van der Waals surface area contributed by atoms with Crippen LogP contribution in [0.2, 0.25) is 0 Å². The van der Waals surface area contributed by atoms with Crippen LogP contribution in [0.5, 0.6) is 0 Å². The Hall–Kier alpha value is -6.76. The number of hydrogen-bond donors (Lipinski definition) is 10. The summed E-state index contributed by atoms with van der Waals surface area (Å²) in [6.45, 7) is 4.57. The highest BCUT2D eigenvalue weighted by Gasteiger charge is 2.45. The molecular weight excluding hydrogens is 913 g/mol. The molecule has 11 N–H and O–H groups in total. The number of ether oxygens (including phenoxy) is 2. The predicted molar refractivity (Wildman–Crippen MR) is 239 cm³/mol. The number of fused-ring (bicyclic) bond motifs is 5. The van der Waals surface area contributed by atoms with Crippen molar-refractivity contribution in [3.63, 3.8) is 0 Å². The molecule has 4 heterocycles. The van der Waals surface area contributed by atoms with E-state index in [9.17, 15) is 57.8 Å². The number of carbonyl (C=O) groups is 11. The minimum Gasteiger partial charge on any atom is -0.462 e. The quantitative estimate of drug-likeness (QED) is 0.109. The third-order valence-corrected chi connectivity index (χ3v) is 13.0. The minimum absolute atomic E-state index is 0.273. The molecule has 0 spiro atoms. The molecule has 24 nitrogen and oxygen atoms in total. The van der Waals surface area contributed by atoms with Crippen LogP contribution in [-0.4, -0.2) is 161 Å². The summed E-state index contributed by atoms with van der Waals surface area (Å²) in [5.74, 6) is -12.1. The highest BCUT2D eigenvalue weighted by Crippen LogP contribution is 2.32. The SMILES string of the molecule is CC[C@H](C)[C@@H]1NC(=O)CNC(=O)C2Cc3c([nH]c4ccccc34)SCC(NC(=O)CNC1=O)C(=O)NC(CC(N)=O)C(=O)N1CC(O)C[C@H]1C(=O)N[C@@H](C(C)[C@H](COC(C)=O)OC(C)=O)C(=O)N2. The molecular formula is C43H58N10O14S. The van der Waals surface area contributed by atoms with Gasteiger partial charge in [-0.2, -0.15) is 0 Å². The average molecular weight is 971 g/mol. The van der Waals surface area contributed by atoms with Crippen LogP contribution in [0, 0.1) is 11.8 Å². The van der Waals surface area contributed by atoms with E-state index in [1.165, 1.54) is 6.92 Å². The van der Waals surface area contributed by atoms with Crippen molar-refractivity contribution in [1.82, 2.24) is 47.1 Å². The van der Waals surface area contributed by atoms with Gasteiger partial charge in [-0.15, -0.1) is 11.8 Å². The number of nitrogens with two attached hydrogens (primary N) is 1. The van der Waals surface area contributed by atoms with Crippen LogP contribution in [0.25, 0.3) is 10.9 Å². The molecule has 0 saturated carbocycles.